The topological polar surface area (TPSA) is 93.4 Å². The van der Waals surface area contributed by atoms with Gasteiger partial charge in [0.15, 0.2) is 5.11 Å². The standard InChI is InChI=1S/C8H15N3O3S/c1-8(2,3)14-7(13)10-4-5(12)11-6(9)15/h4H2,1-3H3,(H,10,13)(H3,9,11,12,15). The molecule has 0 aliphatic heterocycles. The first-order valence-electron chi connectivity index (χ1n) is 4.27. The molecule has 0 radical (unpaired) electrons. The molecule has 0 rings (SSSR count). The molecule has 0 atom stereocenters. The van der Waals surface area contributed by atoms with Crippen LogP contribution in [0.5, 0.6) is 0 Å². The number of carbonyl (C=O) groups is 2. The Bertz CT molecular complexity index is 273. The number of hydrogen-bond donors (Lipinski definition) is 3. The number of ether oxygens (including phenoxy) is 1. The van der Waals surface area contributed by atoms with Crippen molar-refractivity contribution in [2.45, 2.75) is 26.4 Å². The minimum atomic E-state index is -0.666. The summed E-state index contributed by atoms with van der Waals surface area (Å²) in [4.78, 5) is 22.0. The number of nitrogens with two attached hydrogens (primary N) is 1. The summed E-state index contributed by atoms with van der Waals surface area (Å²) >= 11 is 4.44. The Morgan fingerprint density at radius 3 is 2.33 bits per heavy atom. The monoisotopic (exact) mass is 233 g/mol. The van der Waals surface area contributed by atoms with Gasteiger partial charge in [-0.3, -0.25) is 4.79 Å². The van der Waals surface area contributed by atoms with Crippen LogP contribution < -0.4 is 16.4 Å². The normalized spacial score (nSPS) is 10.3. The summed E-state index contributed by atoms with van der Waals surface area (Å²) in [5.74, 6) is -0.492. The summed E-state index contributed by atoms with van der Waals surface area (Å²) in [7, 11) is 0. The molecule has 7 heteroatoms. The molecular formula is C8H15N3O3S. The molecule has 0 aromatic heterocycles. The third kappa shape index (κ3) is 8.95. The zero-order valence-corrected chi connectivity index (χ0v) is 9.73. The van der Waals surface area contributed by atoms with E-state index in [1.54, 1.807) is 20.8 Å². The Morgan fingerprint density at radius 1 is 1.40 bits per heavy atom. The van der Waals surface area contributed by atoms with Gasteiger partial charge in [0.2, 0.25) is 5.91 Å². The maximum absolute atomic E-state index is 11.1. The second-order valence-corrected chi connectivity index (χ2v) is 4.21. The van der Waals surface area contributed by atoms with Crippen molar-refractivity contribution in [2.75, 3.05) is 6.54 Å². The smallest absolute Gasteiger partial charge is 0.408 e. The molecule has 0 saturated carbocycles. The summed E-state index contributed by atoms with van der Waals surface area (Å²) in [6.45, 7) is 4.94. The van der Waals surface area contributed by atoms with E-state index in [-0.39, 0.29) is 11.7 Å². The first-order valence-corrected chi connectivity index (χ1v) is 4.67. The Hall–Kier alpha value is -1.37. The molecule has 0 aliphatic carbocycles. The maximum atomic E-state index is 11.1. The Labute approximate surface area is 93.5 Å². The summed E-state index contributed by atoms with van der Waals surface area (Å²) < 4.78 is 4.90. The van der Waals surface area contributed by atoms with Crippen LogP contribution in [0.4, 0.5) is 4.79 Å². The van der Waals surface area contributed by atoms with Crippen molar-refractivity contribution in [3.8, 4) is 0 Å². The summed E-state index contributed by atoms with van der Waals surface area (Å²) in [6, 6.07) is 0. The van der Waals surface area contributed by atoms with Crippen molar-refractivity contribution >= 4 is 29.3 Å². The molecule has 6 nitrogen and oxygen atoms in total. The second kappa shape index (κ2) is 5.50. The SMILES string of the molecule is CC(C)(C)OC(=O)NCC(=O)NC(N)=S. The van der Waals surface area contributed by atoms with Crippen LogP contribution in [0.3, 0.4) is 0 Å². The predicted octanol–water partition coefficient (Wildman–Crippen LogP) is -0.129. The predicted molar refractivity (Wildman–Crippen MR) is 59.2 cm³/mol. The molecule has 0 aromatic rings. The maximum Gasteiger partial charge on any atom is 0.408 e. The lowest BCUT2D eigenvalue weighted by atomic mass is 10.2. The number of hydrogen-bond acceptors (Lipinski definition) is 4. The van der Waals surface area contributed by atoms with Gasteiger partial charge in [-0.25, -0.2) is 4.79 Å². The number of carbonyl (C=O) groups excluding carboxylic acids is 2. The highest BCUT2D eigenvalue weighted by Gasteiger charge is 2.16. The van der Waals surface area contributed by atoms with E-state index in [1.807, 2.05) is 0 Å². The van der Waals surface area contributed by atoms with Crippen LogP contribution in [0.25, 0.3) is 0 Å². The van der Waals surface area contributed by atoms with Crippen LogP contribution in [-0.4, -0.2) is 29.3 Å². The lowest BCUT2D eigenvalue weighted by Gasteiger charge is -2.19. The van der Waals surface area contributed by atoms with E-state index in [2.05, 4.69) is 22.9 Å². The zero-order chi connectivity index (χ0) is 12.1. The number of alkyl carbamates (subject to hydrolysis) is 1. The van der Waals surface area contributed by atoms with Gasteiger partial charge in [0.1, 0.15) is 12.1 Å². The van der Waals surface area contributed by atoms with Gasteiger partial charge in [0.25, 0.3) is 0 Å². The van der Waals surface area contributed by atoms with E-state index >= 15 is 0 Å². The molecule has 0 saturated heterocycles. The molecule has 2 amide bonds. The average molecular weight is 233 g/mol. The van der Waals surface area contributed by atoms with Gasteiger partial charge < -0.3 is 21.1 Å². The van der Waals surface area contributed by atoms with E-state index in [9.17, 15) is 9.59 Å². The van der Waals surface area contributed by atoms with Crippen molar-refractivity contribution in [1.29, 1.82) is 0 Å². The van der Waals surface area contributed by atoms with Gasteiger partial charge in [0.05, 0.1) is 0 Å². The minimum Gasteiger partial charge on any atom is -0.444 e. The molecule has 15 heavy (non-hydrogen) atoms. The average Bonchev–Trinajstić information content (AvgIpc) is 1.96. The highest BCUT2D eigenvalue weighted by atomic mass is 32.1. The largest absolute Gasteiger partial charge is 0.444 e. The van der Waals surface area contributed by atoms with Crippen molar-refractivity contribution in [3.63, 3.8) is 0 Å². The first-order chi connectivity index (χ1) is 6.70. The third-order valence-corrected chi connectivity index (χ3v) is 1.16. The Kier molecular flexibility index (Phi) is 4.99. The van der Waals surface area contributed by atoms with Gasteiger partial charge in [-0.15, -0.1) is 0 Å². The van der Waals surface area contributed by atoms with E-state index in [0.717, 1.165) is 0 Å². The van der Waals surface area contributed by atoms with Gasteiger partial charge in [-0.2, -0.15) is 0 Å². The highest BCUT2D eigenvalue weighted by Crippen LogP contribution is 2.05. The first kappa shape index (κ1) is 13.6. The molecule has 86 valence electrons. The molecule has 0 aliphatic rings. The van der Waals surface area contributed by atoms with Crippen molar-refractivity contribution in [3.05, 3.63) is 0 Å². The fraction of sp³-hybridized carbons (Fsp3) is 0.625. The van der Waals surface area contributed by atoms with E-state index < -0.39 is 17.6 Å². The third-order valence-electron chi connectivity index (χ3n) is 1.05. The summed E-state index contributed by atoms with van der Waals surface area (Å²) in [6.07, 6.45) is -0.666. The van der Waals surface area contributed by atoms with Crippen LogP contribution >= 0.6 is 12.2 Å². The molecule has 0 unspecified atom stereocenters. The molecule has 0 aromatic carbocycles. The van der Waals surface area contributed by atoms with E-state index in [4.69, 9.17) is 10.5 Å². The van der Waals surface area contributed by atoms with Gasteiger partial charge >= 0.3 is 6.09 Å². The second-order valence-electron chi connectivity index (χ2n) is 3.77. The number of nitrogens with one attached hydrogen (secondary N) is 2. The van der Waals surface area contributed by atoms with Crippen LogP contribution in [-0.2, 0) is 9.53 Å². The van der Waals surface area contributed by atoms with E-state index in [0.29, 0.717) is 0 Å². The fourth-order valence-electron chi connectivity index (χ4n) is 0.648. The van der Waals surface area contributed by atoms with Gasteiger partial charge in [-0.1, -0.05) is 0 Å². The zero-order valence-electron chi connectivity index (χ0n) is 8.92. The Balaban J connectivity index is 3.82. The molecule has 0 heterocycles. The molecule has 0 fully saturated rings. The fourth-order valence-corrected chi connectivity index (χ4v) is 0.762. The van der Waals surface area contributed by atoms with Crippen molar-refractivity contribution in [2.24, 2.45) is 5.73 Å². The molecular weight excluding hydrogens is 218 g/mol. The van der Waals surface area contributed by atoms with Crippen LogP contribution in [0.1, 0.15) is 20.8 Å². The Morgan fingerprint density at radius 2 is 1.93 bits per heavy atom. The lowest BCUT2D eigenvalue weighted by molar-refractivity contribution is -0.118. The highest BCUT2D eigenvalue weighted by molar-refractivity contribution is 7.80. The van der Waals surface area contributed by atoms with Crippen molar-refractivity contribution < 1.29 is 14.3 Å². The van der Waals surface area contributed by atoms with E-state index in [1.165, 1.54) is 0 Å². The minimum absolute atomic E-state index is 0.133. The molecule has 0 bridgehead atoms. The summed E-state index contributed by atoms with van der Waals surface area (Å²) in [5, 5.41) is 4.28. The van der Waals surface area contributed by atoms with Crippen LogP contribution in [0, 0.1) is 0 Å². The number of amides is 2. The molecule has 0 spiro atoms. The van der Waals surface area contributed by atoms with Gasteiger partial charge in [0, 0.05) is 0 Å². The summed E-state index contributed by atoms with van der Waals surface area (Å²) in [5.41, 5.74) is 4.46. The van der Waals surface area contributed by atoms with Crippen LogP contribution in [0.2, 0.25) is 0 Å². The lowest BCUT2D eigenvalue weighted by Crippen LogP contribution is -2.43. The quantitative estimate of drug-likeness (QED) is 0.578. The number of rotatable bonds is 2. The van der Waals surface area contributed by atoms with Crippen LogP contribution in [0.15, 0.2) is 0 Å². The van der Waals surface area contributed by atoms with Crippen molar-refractivity contribution in [1.82, 2.24) is 10.6 Å². The number of thiocarbonyl (C=S) groups is 1. The van der Waals surface area contributed by atoms with Gasteiger partial charge in [-0.05, 0) is 33.0 Å². The molecule has 4 N–H and O–H groups in total.